The molecule has 0 aliphatic carbocycles. The third-order valence-corrected chi connectivity index (χ3v) is 11.8. The first-order valence-corrected chi connectivity index (χ1v) is 22.3. The highest BCUT2D eigenvalue weighted by atomic mass is 35.5. The number of aliphatic imine (C=N–C) groups is 2. The molecule has 1 aromatic rings. The zero-order chi connectivity index (χ0) is 50.4. The second kappa shape index (κ2) is 25.6. The standard InChI is InChI=1S/C33H58Cl2N23O4.C2HF3O2/c1-40-51-44-17-54-18-45-52-43-16-42-31-24(35)58(22(32(54)62)26(37)47-31)56-9-4-20(5-10-56)30-48-29(49-33(50-30)41-6-11-53(12-14-59)13-15-60)19-2-7-55(8-3-19)57-21(28(39)61)25(36)46-27(38)23(57)34;3-2(4,5)1(6)7/h19-20,23-24,40,43-45,51-52,59-60H,1-18,36-37H2,(H2,38,46)(H2,39,61)(H,42,47)(H,41,48,49,50);(H,6,7). The van der Waals surface area contributed by atoms with E-state index < -0.39 is 35.0 Å². The minimum atomic E-state index is -5.08. The number of carbonyl (C=O) groups excluding carboxylic acids is 2. The molecule has 6 aliphatic rings. The van der Waals surface area contributed by atoms with Gasteiger partial charge in [0, 0.05) is 71.2 Å². The second-order valence-electron chi connectivity index (χ2n) is 15.5. The Bertz CT molecular complexity index is 2050. The van der Waals surface area contributed by atoms with Crippen LogP contribution in [0.3, 0.4) is 0 Å². The molecule has 6 aliphatic heterocycles. The first-order chi connectivity index (χ1) is 32.9. The second-order valence-corrected chi connectivity index (χ2v) is 16.4. The normalized spacial score (nSPS) is 21.9. The van der Waals surface area contributed by atoms with Crippen LogP contribution in [0.2, 0.25) is 0 Å². The van der Waals surface area contributed by atoms with E-state index in [1.807, 2.05) is 14.9 Å². The van der Waals surface area contributed by atoms with Crippen molar-refractivity contribution in [3.05, 3.63) is 41.7 Å². The maximum Gasteiger partial charge on any atom is 0.490 e. The minimum absolute atomic E-state index is 0.00232. The maximum atomic E-state index is 14.2. The molecule has 1 aromatic heterocycles. The molecule has 7 rings (SSSR count). The molecule has 7 heterocycles. The molecule has 2 unspecified atom stereocenters. The van der Waals surface area contributed by atoms with Crippen LogP contribution in [0.25, 0.3) is 0 Å². The van der Waals surface area contributed by atoms with Crippen LogP contribution in [0, 0.1) is 7.05 Å². The van der Waals surface area contributed by atoms with E-state index in [-0.39, 0.29) is 73.9 Å². The summed E-state index contributed by atoms with van der Waals surface area (Å²) in [4.78, 5) is 62.3. The number of anilines is 1. The molecule has 0 saturated carbocycles. The highest BCUT2D eigenvalue weighted by molar-refractivity contribution is 6.32. The van der Waals surface area contributed by atoms with Crippen molar-refractivity contribution in [1.29, 1.82) is 0 Å². The molecule has 2 amide bonds. The number of primary amides is 1. The number of hydrogen-bond donors (Lipinski definition) is 15. The lowest BCUT2D eigenvalue weighted by atomic mass is 9.94. The van der Waals surface area contributed by atoms with Crippen molar-refractivity contribution in [1.82, 2.24) is 82.9 Å². The van der Waals surface area contributed by atoms with E-state index >= 15 is 0 Å². The van der Waals surface area contributed by atoms with E-state index in [0.717, 1.165) is 0 Å². The number of amides is 2. The number of hydrazine groups is 6. The van der Waals surface area contributed by atoms with E-state index in [1.54, 1.807) is 5.01 Å². The molecule has 2 atom stereocenters. The van der Waals surface area contributed by atoms with Crippen molar-refractivity contribution in [2.75, 3.05) is 90.9 Å². The van der Waals surface area contributed by atoms with Crippen molar-refractivity contribution in [2.24, 2.45) is 32.9 Å². The number of carbonyl (C=O) groups is 3. The topological polar surface area (TPSA) is 395 Å². The summed E-state index contributed by atoms with van der Waals surface area (Å²) in [6.45, 7) is 3.92. The largest absolute Gasteiger partial charge is 0.490 e. The van der Waals surface area contributed by atoms with Gasteiger partial charge in [0.1, 0.15) is 23.3 Å². The van der Waals surface area contributed by atoms with Crippen molar-refractivity contribution in [2.45, 2.75) is 54.7 Å². The van der Waals surface area contributed by atoms with Gasteiger partial charge in [-0.2, -0.15) is 34.2 Å². The molecule has 34 heteroatoms. The van der Waals surface area contributed by atoms with Crippen molar-refractivity contribution in [3.8, 4) is 0 Å². The third-order valence-electron chi connectivity index (χ3n) is 11.0. The number of carboxylic acid groups (broad SMARTS) is 1. The number of piperidine rings is 2. The number of carboxylic acids is 1. The average molecular weight is 1030 g/mol. The molecule has 3 saturated heterocycles. The predicted molar refractivity (Wildman–Crippen MR) is 242 cm³/mol. The molecule has 69 heavy (non-hydrogen) atoms. The lowest BCUT2D eigenvalue weighted by Gasteiger charge is -2.46. The zero-order valence-electron chi connectivity index (χ0n) is 37.2. The Kier molecular flexibility index (Phi) is 20.3. The van der Waals surface area contributed by atoms with Crippen LogP contribution in [0.4, 0.5) is 19.1 Å². The summed E-state index contributed by atoms with van der Waals surface area (Å²) in [5.41, 5.74) is 39.3. The van der Waals surface area contributed by atoms with Gasteiger partial charge in [0.25, 0.3) is 11.8 Å². The van der Waals surface area contributed by atoms with Gasteiger partial charge in [-0.1, -0.05) is 23.2 Å². The molecule has 19 N–H and O–H groups in total. The number of aliphatic hydroxyl groups is 2. The van der Waals surface area contributed by atoms with Gasteiger partial charge in [-0.15, -0.1) is 0 Å². The Morgan fingerprint density at radius 1 is 0.870 bits per heavy atom. The number of nitrogens with two attached hydrogens (primary N) is 4. The lowest BCUT2D eigenvalue weighted by Crippen LogP contribution is -2.62. The summed E-state index contributed by atoms with van der Waals surface area (Å²) >= 11 is 13.7. The van der Waals surface area contributed by atoms with E-state index in [0.29, 0.717) is 101 Å². The number of halogens is 5. The molecule has 1 radical (unpaired) electrons. The number of amidine groups is 2. The van der Waals surface area contributed by atoms with Crippen molar-refractivity contribution in [3.63, 3.8) is 0 Å². The Morgan fingerprint density at radius 3 is 1.99 bits per heavy atom. The van der Waals surface area contributed by atoms with E-state index in [9.17, 15) is 33.0 Å². The highest BCUT2D eigenvalue weighted by Crippen LogP contribution is 2.35. The summed E-state index contributed by atoms with van der Waals surface area (Å²) in [5.74, 6) is -2.22. The minimum Gasteiger partial charge on any atom is -0.475 e. The van der Waals surface area contributed by atoms with Crippen LogP contribution in [-0.2, 0) is 14.4 Å². The predicted octanol–water partition coefficient (Wildman–Crippen LogP) is -5.06. The van der Waals surface area contributed by atoms with E-state index in [4.69, 9.17) is 71.0 Å². The zero-order valence-corrected chi connectivity index (χ0v) is 38.7. The van der Waals surface area contributed by atoms with Crippen LogP contribution in [-0.4, -0.2) is 192 Å². The van der Waals surface area contributed by atoms with Crippen LogP contribution in [0.15, 0.2) is 33.0 Å². The number of nitrogens with one attached hydrogen (secondary N) is 8. The quantitative estimate of drug-likeness (QED) is 0.0300. The summed E-state index contributed by atoms with van der Waals surface area (Å²) in [6, 6.07) is 0. The van der Waals surface area contributed by atoms with Crippen molar-refractivity contribution < 1.29 is 42.9 Å². The van der Waals surface area contributed by atoms with Gasteiger partial charge in [-0.3, -0.25) is 24.5 Å². The Hall–Kier alpha value is -5.23. The van der Waals surface area contributed by atoms with E-state index in [1.165, 1.54) is 9.91 Å². The van der Waals surface area contributed by atoms with Crippen molar-refractivity contribution >= 4 is 58.6 Å². The Labute approximate surface area is 403 Å². The Morgan fingerprint density at radius 2 is 1.45 bits per heavy atom. The van der Waals surface area contributed by atoms with Gasteiger partial charge in [0.2, 0.25) is 5.95 Å². The number of aromatic nitrogens is 3. The molecular formula is C35H59Cl2F3N23O6. The van der Waals surface area contributed by atoms with Crippen LogP contribution < -0.4 is 66.3 Å². The summed E-state index contributed by atoms with van der Waals surface area (Å²) in [6.07, 6.45) is -2.70. The number of aliphatic carboxylic acids is 1. The summed E-state index contributed by atoms with van der Waals surface area (Å²) in [7, 11) is 3.51. The molecule has 2 bridgehead atoms. The number of fused-ring (bicyclic) bond motifs is 9. The van der Waals surface area contributed by atoms with Gasteiger partial charge in [-0.05, 0) is 25.7 Å². The number of hydrogen-bond acceptors (Lipinski definition) is 26. The molecule has 3 fully saturated rings. The lowest BCUT2D eigenvalue weighted by molar-refractivity contribution is -0.192. The van der Waals surface area contributed by atoms with Gasteiger partial charge in [0.05, 0.1) is 33.2 Å². The molecular weight excluding hydrogens is 966 g/mol. The molecule has 29 nitrogen and oxygen atoms in total. The average Bonchev–Trinajstić information content (AvgIpc) is 3.30. The fourth-order valence-corrected chi connectivity index (χ4v) is 8.34. The maximum absolute atomic E-state index is 14.2. The summed E-state index contributed by atoms with van der Waals surface area (Å²) in [5, 5.41) is 39.7. The van der Waals surface area contributed by atoms with E-state index in [2.05, 4.69) is 60.4 Å². The number of rotatable bonds is 17. The first kappa shape index (κ1) is 54.7. The third kappa shape index (κ3) is 14.4. The summed E-state index contributed by atoms with van der Waals surface area (Å²) < 4.78 is 31.7. The molecule has 0 aromatic carbocycles. The van der Waals surface area contributed by atoms with Crippen LogP contribution in [0.5, 0.6) is 0 Å². The first-order valence-electron chi connectivity index (χ1n) is 21.5. The van der Waals surface area contributed by atoms with Crippen LogP contribution in [0.1, 0.15) is 49.2 Å². The van der Waals surface area contributed by atoms with Gasteiger partial charge < -0.3 is 53.8 Å². The fraction of sp³-hybridized carbons (Fsp3) is 0.629. The highest BCUT2D eigenvalue weighted by Gasteiger charge is 2.42. The number of alkyl halides is 5. The van der Waals surface area contributed by atoms with Gasteiger partial charge in [-0.25, -0.2) is 51.5 Å². The molecule has 0 spiro atoms. The molecule has 385 valence electrons. The van der Waals surface area contributed by atoms with Gasteiger partial charge >= 0.3 is 12.1 Å². The monoisotopic (exact) mass is 1020 g/mol. The smallest absolute Gasteiger partial charge is 0.475 e. The SMILES string of the molecule is O=C(O)C(F)(F)F.[CH2]NNNCN1CNNNCNC2=NC(N)=C(C1=O)N(N1CCC(c3nc(NCCN(CCO)CCO)nc(C4CCN(N5C(C(N)=O)=C(N)N=C(N)C5Cl)CC4)n3)CC1)C2Cl. The number of nitrogens with zero attached hydrogens (tertiary/aromatic N) is 11. The van der Waals surface area contributed by atoms with Crippen LogP contribution >= 0.6 is 23.2 Å². The van der Waals surface area contributed by atoms with Gasteiger partial charge in [0.15, 0.2) is 34.0 Å². The fourth-order valence-electron chi connectivity index (χ4n) is 7.72. The Balaban J connectivity index is 0.00000118. The number of aliphatic hydroxyl groups excluding tert-OH is 2.